The molecule has 3 atom stereocenters. The Morgan fingerprint density at radius 1 is 1.00 bits per heavy atom. The molecule has 24 heavy (non-hydrogen) atoms. The standard InChI is InChI=1S/C19H26FN3O/c20-15-5-7-16(8-6-15)22-9-11-23(12-10-22)18-13-14-3-1-2-4-17(14)21-19(18)24/h5-8,14,17-18H,1-4,9-13H2,(H,21,24). The third-order valence-corrected chi connectivity index (χ3v) is 6.01. The fourth-order valence-corrected chi connectivity index (χ4v) is 4.61. The summed E-state index contributed by atoms with van der Waals surface area (Å²) in [7, 11) is 0. The number of fused-ring (bicyclic) bond motifs is 1. The van der Waals surface area contributed by atoms with E-state index in [1.807, 2.05) is 12.1 Å². The number of hydrogen-bond acceptors (Lipinski definition) is 3. The molecule has 5 heteroatoms. The van der Waals surface area contributed by atoms with E-state index in [0.717, 1.165) is 44.7 Å². The number of piperidine rings is 1. The largest absolute Gasteiger partial charge is 0.369 e. The highest BCUT2D eigenvalue weighted by atomic mass is 19.1. The number of piperazine rings is 1. The van der Waals surface area contributed by atoms with E-state index in [9.17, 15) is 9.18 Å². The van der Waals surface area contributed by atoms with Crippen molar-refractivity contribution in [2.75, 3.05) is 31.1 Å². The Morgan fingerprint density at radius 3 is 2.46 bits per heavy atom. The molecule has 0 spiro atoms. The lowest BCUT2D eigenvalue weighted by atomic mass is 9.77. The molecule has 0 radical (unpaired) electrons. The van der Waals surface area contributed by atoms with Crippen LogP contribution in [0.2, 0.25) is 0 Å². The molecule has 0 bridgehead atoms. The SMILES string of the molecule is O=C1NC2CCCCC2CC1N1CCN(c2ccc(F)cc2)CC1. The molecule has 2 saturated heterocycles. The average molecular weight is 331 g/mol. The Morgan fingerprint density at radius 2 is 1.71 bits per heavy atom. The summed E-state index contributed by atoms with van der Waals surface area (Å²) in [5.74, 6) is 0.697. The molecule has 4 rings (SSSR count). The van der Waals surface area contributed by atoms with E-state index in [1.165, 1.54) is 31.4 Å². The van der Waals surface area contributed by atoms with E-state index >= 15 is 0 Å². The Hall–Kier alpha value is -1.62. The first-order chi connectivity index (χ1) is 11.7. The number of benzene rings is 1. The smallest absolute Gasteiger partial charge is 0.237 e. The average Bonchev–Trinajstić information content (AvgIpc) is 2.62. The molecule has 1 aromatic rings. The van der Waals surface area contributed by atoms with E-state index in [4.69, 9.17) is 0 Å². The van der Waals surface area contributed by atoms with Crippen molar-refractivity contribution < 1.29 is 9.18 Å². The van der Waals surface area contributed by atoms with Gasteiger partial charge in [0.1, 0.15) is 5.82 Å². The maximum atomic E-state index is 13.1. The molecule has 3 unspecified atom stereocenters. The van der Waals surface area contributed by atoms with E-state index in [-0.39, 0.29) is 17.8 Å². The second-order valence-corrected chi connectivity index (χ2v) is 7.41. The zero-order valence-corrected chi connectivity index (χ0v) is 14.1. The number of anilines is 1. The van der Waals surface area contributed by atoms with Crippen molar-refractivity contribution in [3.8, 4) is 0 Å². The van der Waals surface area contributed by atoms with Crippen molar-refractivity contribution in [3.05, 3.63) is 30.1 Å². The van der Waals surface area contributed by atoms with Gasteiger partial charge in [0.25, 0.3) is 0 Å². The highest BCUT2D eigenvalue weighted by Crippen LogP contribution is 2.33. The quantitative estimate of drug-likeness (QED) is 0.904. The van der Waals surface area contributed by atoms with Gasteiger partial charge in [-0.05, 0) is 49.4 Å². The van der Waals surface area contributed by atoms with Gasteiger partial charge in [-0.15, -0.1) is 0 Å². The number of rotatable bonds is 2. The predicted molar refractivity (Wildman–Crippen MR) is 92.5 cm³/mol. The number of amides is 1. The van der Waals surface area contributed by atoms with Crippen LogP contribution in [0, 0.1) is 11.7 Å². The third kappa shape index (κ3) is 3.14. The van der Waals surface area contributed by atoms with Crippen LogP contribution in [0.15, 0.2) is 24.3 Å². The van der Waals surface area contributed by atoms with Crippen LogP contribution >= 0.6 is 0 Å². The summed E-state index contributed by atoms with van der Waals surface area (Å²) in [6.45, 7) is 3.58. The van der Waals surface area contributed by atoms with Crippen LogP contribution in [-0.4, -0.2) is 49.1 Å². The summed E-state index contributed by atoms with van der Waals surface area (Å²) in [6.07, 6.45) is 6.00. The normalized spacial score (nSPS) is 31.5. The van der Waals surface area contributed by atoms with Gasteiger partial charge in [-0.3, -0.25) is 9.69 Å². The van der Waals surface area contributed by atoms with E-state index in [2.05, 4.69) is 15.1 Å². The van der Waals surface area contributed by atoms with Gasteiger partial charge in [0, 0.05) is 37.9 Å². The van der Waals surface area contributed by atoms with Crippen LogP contribution in [0.1, 0.15) is 32.1 Å². The summed E-state index contributed by atoms with van der Waals surface area (Å²) >= 11 is 0. The summed E-state index contributed by atoms with van der Waals surface area (Å²) in [6, 6.07) is 7.16. The lowest BCUT2D eigenvalue weighted by molar-refractivity contribution is -0.132. The van der Waals surface area contributed by atoms with Gasteiger partial charge in [0.15, 0.2) is 0 Å². The first-order valence-electron chi connectivity index (χ1n) is 9.25. The number of nitrogens with zero attached hydrogens (tertiary/aromatic N) is 2. The van der Waals surface area contributed by atoms with Gasteiger partial charge in [-0.1, -0.05) is 12.8 Å². The highest BCUT2D eigenvalue weighted by molar-refractivity contribution is 5.83. The maximum absolute atomic E-state index is 13.1. The Labute approximate surface area is 143 Å². The van der Waals surface area contributed by atoms with Crippen molar-refractivity contribution in [1.82, 2.24) is 10.2 Å². The fourth-order valence-electron chi connectivity index (χ4n) is 4.61. The zero-order chi connectivity index (χ0) is 16.5. The summed E-state index contributed by atoms with van der Waals surface area (Å²) in [5.41, 5.74) is 1.07. The lowest BCUT2D eigenvalue weighted by Crippen LogP contribution is -2.61. The van der Waals surface area contributed by atoms with Crippen molar-refractivity contribution >= 4 is 11.6 Å². The van der Waals surface area contributed by atoms with Gasteiger partial charge in [-0.25, -0.2) is 4.39 Å². The van der Waals surface area contributed by atoms with Gasteiger partial charge in [-0.2, -0.15) is 0 Å². The third-order valence-electron chi connectivity index (χ3n) is 6.01. The van der Waals surface area contributed by atoms with Gasteiger partial charge in [0.2, 0.25) is 5.91 Å². The molecule has 4 nitrogen and oxygen atoms in total. The monoisotopic (exact) mass is 331 g/mol. The minimum Gasteiger partial charge on any atom is -0.369 e. The molecule has 130 valence electrons. The highest BCUT2D eigenvalue weighted by Gasteiger charge is 2.40. The van der Waals surface area contributed by atoms with Gasteiger partial charge >= 0.3 is 0 Å². The second kappa shape index (κ2) is 6.71. The molecule has 1 aliphatic carbocycles. The Balaban J connectivity index is 1.36. The van der Waals surface area contributed by atoms with Crippen molar-refractivity contribution in [2.24, 2.45) is 5.92 Å². The number of nitrogens with one attached hydrogen (secondary N) is 1. The molecule has 1 N–H and O–H groups in total. The summed E-state index contributed by atoms with van der Waals surface area (Å²) in [5, 5.41) is 3.28. The molecule has 2 aliphatic heterocycles. The van der Waals surface area contributed by atoms with Crippen LogP contribution in [0.5, 0.6) is 0 Å². The number of halogens is 1. The number of carbonyl (C=O) groups excluding carboxylic acids is 1. The maximum Gasteiger partial charge on any atom is 0.237 e. The Kier molecular flexibility index (Phi) is 4.44. The molecule has 1 saturated carbocycles. The topological polar surface area (TPSA) is 35.6 Å². The van der Waals surface area contributed by atoms with Gasteiger partial charge in [0.05, 0.1) is 6.04 Å². The Bertz CT molecular complexity index is 583. The van der Waals surface area contributed by atoms with Crippen LogP contribution in [0.3, 0.4) is 0 Å². The summed E-state index contributed by atoms with van der Waals surface area (Å²) < 4.78 is 13.1. The molecule has 1 aromatic carbocycles. The minimum atomic E-state index is -0.196. The van der Waals surface area contributed by atoms with Gasteiger partial charge < -0.3 is 10.2 Å². The van der Waals surface area contributed by atoms with E-state index < -0.39 is 0 Å². The predicted octanol–water partition coefficient (Wildman–Crippen LogP) is 2.39. The van der Waals surface area contributed by atoms with E-state index in [0.29, 0.717) is 12.0 Å². The molecule has 0 aromatic heterocycles. The zero-order valence-electron chi connectivity index (χ0n) is 14.1. The summed E-state index contributed by atoms with van der Waals surface area (Å²) in [4.78, 5) is 17.2. The first-order valence-corrected chi connectivity index (χ1v) is 9.25. The molecular weight excluding hydrogens is 305 g/mol. The molecule has 3 aliphatic rings. The van der Waals surface area contributed by atoms with Crippen molar-refractivity contribution in [3.63, 3.8) is 0 Å². The molecule has 3 fully saturated rings. The number of hydrogen-bond donors (Lipinski definition) is 1. The fraction of sp³-hybridized carbons (Fsp3) is 0.632. The van der Waals surface area contributed by atoms with Crippen molar-refractivity contribution in [2.45, 2.75) is 44.2 Å². The van der Waals surface area contributed by atoms with Crippen LogP contribution in [0.4, 0.5) is 10.1 Å². The van der Waals surface area contributed by atoms with E-state index in [1.54, 1.807) is 0 Å². The lowest BCUT2D eigenvalue weighted by Gasteiger charge is -2.45. The van der Waals surface area contributed by atoms with Crippen LogP contribution < -0.4 is 10.2 Å². The molecule has 1 amide bonds. The molecule has 2 heterocycles. The minimum absolute atomic E-state index is 0.0414. The van der Waals surface area contributed by atoms with Crippen LogP contribution in [-0.2, 0) is 4.79 Å². The van der Waals surface area contributed by atoms with Crippen molar-refractivity contribution in [1.29, 1.82) is 0 Å². The molecular formula is C19H26FN3O. The first kappa shape index (κ1) is 15.9. The number of carbonyl (C=O) groups is 1. The second-order valence-electron chi connectivity index (χ2n) is 7.41. The van der Waals surface area contributed by atoms with Crippen LogP contribution in [0.25, 0.3) is 0 Å².